The SMILES string of the molecule is COC(c1ccccc1)(c1ccccc1)C1CCN(c2ccc(NC(=O)c3c(C)noc3C)cc2C#N)CC1. The fourth-order valence-corrected chi connectivity index (χ4v) is 5.92. The van der Waals surface area contributed by atoms with Crippen molar-refractivity contribution in [3.05, 3.63) is 113 Å². The monoisotopic (exact) mass is 520 g/mol. The van der Waals surface area contributed by atoms with Crippen molar-refractivity contribution in [1.29, 1.82) is 5.26 Å². The molecule has 0 radical (unpaired) electrons. The molecule has 0 aliphatic carbocycles. The Kier molecular flexibility index (Phi) is 7.49. The maximum Gasteiger partial charge on any atom is 0.261 e. The van der Waals surface area contributed by atoms with Crippen molar-refractivity contribution in [2.75, 3.05) is 30.4 Å². The largest absolute Gasteiger partial charge is 0.370 e. The van der Waals surface area contributed by atoms with Gasteiger partial charge in [0, 0.05) is 25.9 Å². The van der Waals surface area contributed by atoms with E-state index in [1.54, 1.807) is 27.0 Å². The highest BCUT2D eigenvalue weighted by molar-refractivity contribution is 6.05. The summed E-state index contributed by atoms with van der Waals surface area (Å²) in [5.74, 6) is 0.410. The number of carbonyl (C=O) groups is 1. The van der Waals surface area contributed by atoms with E-state index >= 15 is 0 Å². The number of hydrogen-bond acceptors (Lipinski definition) is 6. The van der Waals surface area contributed by atoms with Gasteiger partial charge in [-0.25, -0.2) is 0 Å². The lowest BCUT2D eigenvalue weighted by Gasteiger charge is -2.45. The summed E-state index contributed by atoms with van der Waals surface area (Å²) in [4.78, 5) is 15.0. The molecule has 3 aromatic carbocycles. The second kappa shape index (κ2) is 11.1. The number of aryl methyl sites for hydroxylation is 2. The van der Waals surface area contributed by atoms with Crippen LogP contribution in [0.1, 0.15) is 51.3 Å². The van der Waals surface area contributed by atoms with Crippen LogP contribution >= 0.6 is 0 Å². The van der Waals surface area contributed by atoms with Crippen LogP contribution in [-0.4, -0.2) is 31.3 Å². The molecule has 0 saturated carbocycles. The number of aromatic nitrogens is 1. The minimum atomic E-state index is -0.557. The minimum absolute atomic E-state index is 0.252. The predicted molar refractivity (Wildman–Crippen MR) is 151 cm³/mol. The highest BCUT2D eigenvalue weighted by atomic mass is 16.5. The molecule has 1 aliphatic rings. The average molecular weight is 521 g/mol. The van der Waals surface area contributed by atoms with Crippen LogP contribution in [0.15, 0.2) is 83.4 Å². The second-order valence-electron chi connectivity index (χ2n) is 9.93. The summed E-state index contributed by atoms with van der Waals surface area (Å²) in [6.07, 6.45) is 1.79. The van der Waals surface area contributed by atoms with E-state index in [2.05, 4.69) is 70.0 Å². The van der Waals surface area contributed by atoms with Crippen molar-refractivity contribution in [2.24, 2.45) is 5.92 Å². The Balaban J connectivity index is 1.36. The van der Waals surface area contributed by atoms with E-state index in [0.717, 1.165) is 42.7 Å². The van der Waals surface area contributed by atoms with Crippen LogP contribution in [0.25, 0.3) is 0 Å². The zero-order chi connectivity index (χ0) is 27.4. The molecule has 198 valence electrons. The predicted octanol–water partition coefficient (Wildman–Crippen LogP) is 6.22. The number of ether oxygens (including phenoxy) is 1. The van der Waals surface area contributed by atoms with E-state index in [0.29, 0.717) is 28.3 Å². The van der Waals surface area contributed by atoms with Crippen LogP contribution in [0.5, 0.6) is 0 Å². The van der Waals surface area contributed by atoms with Crippen molar-refractivity contribution in [1.82, 2.24) is 5.16 Å². The highest BCUT2D eigenvalue weighted by Gasteiger charge is 2.43. The molecule has 39 heavy (non-hydrogen) atoms. The number of rotatable bonds is 7. The number of methoxy groups -OCH3 is 1. The summed E-state index contributed by atoms with van der Waals surface area (Å²) in [6, 6.07) is 28.7. The van der Waals surface area contributed by atoms with Gasteiger partial charge >= 0.3 is 0 Å². The summed E-state index contributed by atoms with van der Waals surface area (Å²) in [6.45, 7) is 5.01. The Bertz CT molecular complexity index is 1420. The van der Waals surface area contributed by atoms with Gasteiger partial charge in [-0.3, -0.25) is 4.79 Å². The van der Waals surface area contributed by atoms with E-state index in [1.807, 2.05) is 24.3 Å². The first-order valence-electron chi connectivity index (χ1n) is 13.2. The molecule has 1 saturated heterocycles. The third-order valence-electron chi connectivity index (χ3n) is 7.77. The zero-order valence-corrected chi connectivity index (χ0v) is 22.5. The topological polar surface area (TPSA) is 91.4 Å². The van der Waals surface area contributed by atoms with Crippen LogP contribution < -0.4 is 10.2 Å². The zero-order valence-electron chi connectivity index (χ0n) is 22.5. The molecular weight excluding hydrogens is 488 g/mol. The number of amides is 1. The van der Waals surface area contributed by atoms with E-state index in [-0.39, 0.29) is 11.8 Å². The molecule has 0 bridgehead atoms. The molecule has 7 nitrogen and oxygen atoms in total. The van der Waals surface area contributed by atoms with Gasteiger partial charge < -0.3 is 19.5 Å². The standard InChI is InChI=1S/C32H32N4O3/c1-22-30(23(2)39-35-22)31(37)34-28-14-15-29(24(20-28)21-33)36-18-16-27(17-19-36)32(38-3,25-10-6-4-7-11-25)26-12-8-5-9-13-26/h4-15,20,27H,16-19H2,1-3H3,(H,34,37). The Morgan fingerprint density at radius 1 is 1.03 bits per heavy atom. The van der Waals surface area contributed by atoms with Crippen LogP contribution in [0, 0.1) is 31.1 Å². The van der Waals surface area contributed by atoms with E-state index in [4.69, 9.17) is 9.26 Å². The van der Waals surface area contributed by atoms with Gasteiger partial charge in [-0.05, 0) is 61.9 Å². The summed E-state index contributed by atoms with van der Waals surface area (Å²) in [7, 11) is 1.80. The van der Waals surface area contributed by atoms with E-state index in [9.17, 15) is 10.1 Å². The highest BCUT2D eigenvalue weighted by Crippen LogP contribution is 2.45. The molecule has 0 unspecified atom stereocenters. The van der Waals surface area contributed by atoms with Crippen LogP contribution in [-0.2, 0) is 10.3 Å². The van der Waals surface area contributed by atoms with Gasteiger partial charge in [0.05, 0.1) is 16.9 Å². The molecule has 2 heterocycles. The van der Waals surface area contributed by atoms with Gasteiger partial charge in [0.15, 0.2) is 0 Å². The smallest absolute Gasteiger partial charge is 0.261 e. The molecule has 4 aromatic rings. The van der Waals surface area contributed by atoms with Gasteiger partial charge in [-0.15, -0.1) is 0 Å². The molecule has 1 aliphatic heterocycles. The molecule has 1 amide bonds. The fourth-order valence-electron chi connectivity index (χ4n) is 5.92. The lowest BCUT2D eigenvalue weighted by molar-refractivity contribution is -0.0378. The first kappa shape index (κ1) is 26.2. The number of benzene rings is 3. The maximum absolute atomic E-state index is 12.8. The van der Waals surface area contributed by atoms with Crippen LogP contribution in [0.4, 0.5) is 11.4 Å². The van der Waals surface area contributed by atoms with Crippen molar-refractivity contribution < 1.29 is 14.1 Å². The van der Waals surface area contributed by atoms with Gasteiger partial charge in [0.25, 0.3) is 5.91 Å². The summed E-state index contributed by atoms with van der Waals surface area (Å²) in [5.41, 5.74) is 4.63. The van der Waals surface area contributed by atoms with Crippen molar-refractivity contribution in [2.45, 2.75) is 32.3 Å². The van der Waals surface area contributed by atoms with Crippen molar-refractivity contribution in [3.8, 4) is 6.07 Å². The molecule has 1 N–H and O–H groups in total. The minimum Gasteiger partial charge on any atom is -0.370 e. The lowest BCUT2D eigenvalue weighted by atomic mass is 9.71. The van der Waals surface area contributed by atoms with Gasteiger partial charge in [0.1, 0.15) is 23.0 Å². The molecule has 0 atom stereocenters. The first-order valence-corrected chi connectivity index (χ1v) is 13.2. The third kappa shape index (κ3) is 4.91. The molecular formula is C32H32N4O3. The van der Waals surface area contributed by atoms with E-state index in [1.165, 1.54) is 0 Å². The van der Waals surface area contributed by atoms with Crippen molar-refractivity contribution >= 4 is 17.3 Å². The summed E-state index contributed by atoms with van der Waals surface area (Å²) < 4.78 is 11.5. The number of nitrogens with zero attached hydrogens (tertiary/aromatic N) is 3. The van der Waals surface area contributed by atoms with Gasteiger partial charge in [0.2, 0.25) is 0 Å². The molecule has 0 spiro atoms. The number of hydrogen-bond donors (Lipinski definition) is 1. The summed E-state index contributed by atoms with van der Waals surface area (Å²) in [5, 5.41) is 16.7. The normalized spacial score (nSPS) is 14.2. The fraction of sp³-hybridized carbons (Fsp3) is 0.281. The van der Waals surface area contributed by atoms with Gasteiger partial charge in [-0.1, -0.05) is 65.8 Å². The number of nitrogens with one attached hydrogen (secondary N) is 1. The first-order chi connectivity index (χ1) is 19.0. The number of anilines is 2. The molecule has 1 aromatic heterocycles. The second-order valence-corrected chi connectivity index (χ2v) is 9.93. The number of nitriles is 1. The third-order valence-corrected chi connectivity index (χ3v) is 7.77. The van der Waals surface area contributed by atoms with Gasteiger partial charge in [-0.2, -0.15) is 5.26 Å². The number of piperidine rings is 1. The van der Waals surface area contributed by atoms with Crippen LogP contribution in [0.3, 0.4) is 0 Å². The maximum atomic E-state index is 12.8. The lowest BCUT2D eigenvalue weighted by Crippen LogP contribution is -2.45. The van der Waals surface area contributed by atoms with E-state index < -0.39 is 5.60 Å². The molecule has 1 fully saturated rings. The Labute approximate surface area is 229 Å². The van der Waals surface area contributed by atoms with Crippen molar-refractivity contribution in [3.63, 3.8) is 0 Å². The Morgan fingerprint density at radius 2 is 1.64 bits per heavy atom. The number of carbonyl (C=O) groups excluding carboxylic acids is 1. The molecule has 5 rings (SSSR count). The molecule has 7 heteroatoms. The average Bonchev–Trinajstić information content (AvgIpc) is 3.32. The quantitative estimate of drug-likeness (QED) is 0.311. The summed E-state index contributed by atoms with van der Waals surface area (Å²) >= 11 is 0. The Hall–Kier alpha value is -4.41. The van der Waals surface area contributed by atoms with Crippen LogP contribution in [0.2, 0.25) is 0 Å². The Morgan fingerprint density at radius 3 is 2.15 bits per heavy atom.